The molecule has 0 spiro atoms. The SMILES string of the molecule is O=C(NC1CC1)c1cc(Nc2cccc3cccnc23)ccn1. The number of carbonyl (C=O) groups excluding carboxylic acids is 1. The van der Waals surface area contributed by atoms with Crippen LogP contribution in [0.2, 0.25) is 0 Å². The van der Waals surface area contributed by atoms with Gasteiger partial charge in [-0.3, -0.25) is 14.8 Å². The summed E-state index contributed by atoms with van der Waals surface area (Å²) in [5, 5.41) is 7.35. The minimum Gasteiger partial charge on any atom is -0.354 e. The van der Waals surface area contributed by atoms with Crippen LogP contribution >= 0.6 is 0 Å². The molecule has 0 aliphatic heterocycles. The Hall–Kier alpha value is -2.95. The van der Waals surface area contributed by atoms with Crippen molar-refractivity contribution in [2.45, 2.75) is 18.9 Å². The minimum absolute atomic E-state index is 0.118. The second-order valence-electron chi connectivity index (χ2n) is 5.68. The summed E-state index contributed by atoms with van der Waals surface area (Å²) in [6, 6.07) is 13.8. The Morgan fingerprint density at radius 2 is 1.91 bits per heavy atom. The molecule has 5 heteroatoms. The van der Waals surface area contributed by atoms with Gasteiger partial charge in [-0.1, -0.05) is 18.2 Å². The topological polar surface area (TPSA) is 66.9 Å². The average Bonchev–Trinajstić information content (AvgIpc) is 3.39. The molecule has 5 nitrogen and oxygen atoms in total. The lowest BCUT2D eigenvalue weighted by atomic mass is 10.2. The number of pyridine rings is 2. The van der Waals surface area contributed by atoms with Gasteiger partial charge in [-0.05, 0) is 37.1 Å². The van der Waals surface area contributed by atoms with E-state index in [0.29, 0.717) is 11.7 Å². The van der Waals surface area contributed by atoms with Crippen LogP contribution in [0, 0.1) is 0 Å². The fourth-order valence-electron chi connectivity index (χ4n) is 2.48. The largest absolute Gasteiger partial charge is 0.354 e. The van der Waals surface area contributed by atoms with Gasteiger partial charge in [0.25, 0.3) is 5.91 Å². The summed E-state index contributed by atoms with van der Waals surface area (Å²) < 4.78 is 0. The average molecular weight is 304 g/mol. The zero-order chi connectivity index (χ0) is 15.6. The third kappa shape index (κ3) is 2.99. The van der Waals surface area contributed by atoms with Crippen molar-refractivity contribution < 1.29 is 4.79 Å². The number of nitrogens with one attached hydrogen (secondary N) is 2. The molecule has 2 aromatic heterocycles. The van der Waals surface area contributed by atoms with Gasteiger partial charge in [0, 0.05) is 29.5 Å². The van der Waals surface area contributed by atoms with Crippen LogP contribution in [0.3, 0.4) is 0 Å². The first-order valence-electron chi connectivity index (χ1n) is 7.67. The highest BCUT2D eigenvalue weighted by atomic mass is 16.2. The van der Waals surface area contributed by atoms with Crippen LogP contribution in [0.1, 0.15) is 23.3 Å². The molecule has 1 aromatic carbocycles. The molecule has 2 heterocycles. The second-order valence-corrected chi connectivity index (χ2v) is 5.68. The molecular weight excluding hydrogens is 288 g/mol. The van der Waals surface area contributed by atoms with E-state index in [1.54, 1.807) is 18.5 Å². The van der Waals surface area contributed by atoms with Crippen LogP contribution in [-0.4, -0.2) is 21.9 Å². The fraction of sp³-hybridized carbons (Fsp3) is 0.167. The van der Waals surface area contributed by atoms with Gasteiger partial charge >= 0.3 is 0 Å². The summed E-state index contributed by atoms with van der Waals surface area (Å²) in [7, 11) is 0. The maximum Gasteiger partial charge on any atom is 0.270 e. The van der Waals surface area contributed by atoms with Gasteiger partial charge in [0.1, 0.15) is 5.69 Å². The number of carbonyl (C=O) groups is 1. The summed E-state index contributed by atoms with van der Waals surface area (Å²) >= 11 is 0. The van der Waals surface area contributed by atoms with E-state index in [0.717, 1.165) is 35.1 Å². The highest BCUT2D eigenvalue weighted by molar-refractivity contribution is 5.95. The van der Waals surface area contributed by atoms with Crippen molar-refractivity contribution in [3.63, 3.8) is 0 Å². The van der Waals surface area contributed by atoms with Crippen LogP contribution in [-0.2, 0) is 0 Å². The summed E-state index contributed by atoms with van der Waals surface area (Å²) in [5.41, 5.74) is 3.05. The maximum atomic E-state index is 12.1. The lowest BCUT2D eigenvalue weighted by Crippen LogP contribution is -2.26. The molecule has 1 aliphatic rings. The number of anilines is 2. The van der Waals surface area contributed by atoms with E-state index < -0.39 is 0 Å². The Morgan fingerprint density at radius 1 is 1.04 bits per heavy atom. The number of hydrogen-bond donors (Lipinski definition) is 2. The Balaban J connectivity index is 1.61. The van der Waals surface area contributed by atoms with Gasteiger partial charge < -0.3 is 10.6 Å². The van der Waals surface area contributed by atoms with E-state index in [2.05, 4.69) is 20.6 Å². The lowest BCUT2D eigenvalue weighted by molar-refractivity contribution is 0.0946. The molecule has 23 heavy (non-hydrogen) atoms. The van der Waals surface area contributed by atoms with Gasteiger partial charge in [-0.25, -0.2) is 0 Å². The number of fused-ring (bicyclic) bond motifs is 1. The lowest BCUT2D eigenvalue weighted by Gasteiger charge is -2.10. The van der Waals surface area contributed by atoms with Crippen molar-refractivity contribution in [1.82, 2.24) is 15.3 Å². The van der Waals surface area contributed by atoms with E-state index in [4.69, 9.17) is 0 Å². The monoisotopic (exact) mass is 304 g/mol. The predicted molar refractivity (Wildman–Crippen MR) is 89.8 cm³/mol. The summed E-state index contributed by atoms with van der Waals surface area (Å²) in [6.45, 7) is 0. The first kappa shape index (κ1) is 13.7. The highest BCUT2D eigenvalue weighted by Crippen LogP contribution is 2.25. The number of para-hydroxylation sites is 1. The molecule has 0 unspecified atom stereocenters. The van der Waals surface area contributed by atoms with Crippen LogP contribution in [0.5, 0.6) is 0 Å². The van der Waals surface area contributed by atoms with Crippen molar-refractivity contribution in [3.05, 3.63) is 60.6 Å². The molecule has 0 radical (unpaired) electrons. The number of aromatic nitrogens is 2. The molecule has 114 valence electrons. The summed E-state index contributed by atoms with van der Waals surface area (Å²) in [5.74, 6) is -0.118. The van der Waals surface area contributed by atoms with E-state index in [1.807, 2.05) is 36.4 Å². The number of rotatable bonds is 4. The second kappa shape index (κ2) is 5.68. The number of amides is 1. The molecular formula is C18H16N4O. The fourth-order valence-corrected chi connectivity index (χ4v) is 2.48. The normalized spacial score (nSPS) is 13.7. The molecule has 0 atom stereocenters. The van der Waals surface area contributed by atoms with Gasteiger partial charge in [-0.2, -0.15) is 0 Å². The highest BCUT2D eigenvalue weighted by Gasteiger charge is 2.24. The number of benzene rings is 1. The molecule has 1 fully saturated rings. The first-order valence-corrected chi connectivity index (χ1v) is 7.67. The van der Waals surface area contributed by atoms with Crippen molar-refractivity contribution in [2.75, 3.05) is 5.32 Å². The Morgan fingerprint density at radius 3 is 2.78 bits per heavy atom. The van der Waals surface area contributed by atoms with Gasteiger partial charge in [-0.15, -0.1) is 0 Å². The van der Waals surface area contributed by atoms with Gasteiger partial charge in [0.15, 0.2) is 0 Å². The molecule has 0 bridgehead atoms. The van der Waals surface area contributed by atoms with Gasteiger partial charge in [0.2, 0.25) is 0 Å². The van der Waals surface area contributed by atoms with E-state index in [-0.39, 0.29) is 5.91 Å². The smallest absolute Gasteiger partial charge is 0.270 e. The minimum atomic E-state index is -0.118. The number of hydrogen-bond acceptors (Lipinski definition) is 4. The quantitative estimate of drug-likeness (QED) is 0.776. The summed E-state index contributed by atoms with van der Waals surface area (Å²) in [4.78, 5) is 20.7. The van der Waals surface area contributed by atoms with Crippen molar-refractivity contribution in [3.8, 4) is 0 Å². The first-order chi connectivity index (χ1) is 11.3. The van der Waals surface area contributed by atoms with E-state index >= 15 is 0 Å². The molecule has 0 saturated heterocycles. The molecule has 1 aliphatic carbocycles. The van der Waals surface area contributed by atoms with Gasteiger partial charge in [0.05, 0.1) is 11.2 Å². The predicted octanol–water partition coefficient (Wildman–Crippen LogP) is 3.27. The third-order valence-electron chi connectivity index (χ3n) is 3.82. The Labute approximate surface area is 133 Å². The molecule has 3 aromatic rings. The maximum absolute atomic E-state index is 12.1. The van der Waals surface area contributed by atoms with E-state index in [9.17, 15) is 4.79 Å². The van der Waals surface area contributed by atoms with Crippen LogP contribution in [0.25, 0.3) is 10.9 Å². The molecule has 1 amide bonds. The molecule has 2 N–H and O–H groups in total. The zero-order valence-corrected chi connectivity index (χ0v) is 12.5. The molecule has 4 rings (SSSR count). The van der Waals surface area contributed by atoms with Crippen LogP contribution in [0.4, 0.5) is 11.4 Å². The van der Waals surface area contributed by atoms with E-state index in [1.165, 1.54) is 0 Å². The van der Waals surface area contributed by atoms with Crippen LogP contribution in [0.15, 0.2) is 54.9 Å². The molecule has 1 saturated carbocycles. The number of nitrogens with zero attached hydrogens (tertiary/aromatic N) is 2. The Bertz CT molecular complexity index is 868. The zero-order valence-electron chi connectivity index (χ0n) is 12.5. The Kier molecular flexibility index (Phi) is 3.38. The van der Waals surface area contributed by atoms with Crippen LogP contribution < -0.4 is 10.6 Å². The van der Waals surface area contributed by atoms with Crippen molar-refractivity contribution in [2.24, 2.45) is 0 Å². The summed E-state index contributed by atoms with van der Waals surface area (Å²) in [6.07, 6.45) is 5.54. The third-order valence-corrected chi connectivity index (χ3v) is 3.82. The van der Waals surface area contributed by atoms with Crippen molar-refractivity contribution >= 4 is 28.2 Å². The van der Waals surface area contributed by atoms with Crippen molar-refractivity contribution in [1.29, 1.82) is 0 Å². The standard InChI is InChI=1S/C18H16N4O/c23-18(22-13-6-7-13)16-11-14(8-10-19-16)21-15-5-1-3-12-4-2-9-20-17(12)15/h1-5,8-11,13H,6-7H2,(H,19,21)(H,22,23).